The zero-order valence-corrected chi connectivity index (χ0v) is 14.6. The van der Waals surface area contributed by atoms with E-state index in [4.69, 9.17) is 16.3 Å². The molecule has 3 rings (SSSR count). The fourth-order valence-corrected chi connectivity index (χ4v) is 3.07. The highest BCUT2D eigenvalue weighted by atomic mass is 35.5. The number of nitrogens with zero attached hydrogens (tertiary/aromatic N) is 1. The molecule has 1 aliphatic rings. The number of nitrogens with one attached hydrogen (secondary N) is 1. The summed E-state index contributed by atoms with van der Waals surface area (Å²) in [6, 6.07) is 14.3. The van der Waals surface area contributed by atoms with Crippen molar-refractivity contribution in [2.45, 2.75) is 18.9 Å². The number of benzene rings is 2. The molecule has 0 bridgehead atoms. The predicted octanol–water partition coefficient (Wildman–Crippen LogP) is 3.13. The second-order valence-corrected chi connectivity index (χ2v) is 6.30. The molecule has 0 aliphatic carbocycles. The average molecular weight is 359 g/mol. The van der Waals surface area contributed by atoms with Gasteiger partial charge in [-0.05, 0) is 30.2 Å². The Morgan fingerprint density at radius 1 is 1.20 bits per heavy atom. The van der Waals surface area contributed by atoms with Crippen molar-refractivity contribution in [3.8, 4) is 5.75 Å². The number of rotatable bonds is 6. The van der Waals surface area contributed by atoms with Crippen LogP contribution in [0.4, 0.5) is 5.69 Å². The van der Waals surface area contributed by atoms with Gasteiger partial charge in [0, 0.05) is 11.6 Å². The van der Waals surface area contributed by atoms with Crippen LogP contribution in [0.1, 0.15) is 12.0 Å². The standard InChI is InChI=1S/C19H19ClN2O3/c1-25-17-8-7-14(20)11-15(17)21-16-12-18(23)22(19(16)24)10-9-13-5-3-2-4-6-13/h2-8,11,16,21H,9-10,12H2,1H3/t16-/m1/s1. The van der Waals surface area contributed by atoms with E-state index >= 15 is 0 Å². The lowest BCUT2D eigenvalue weighted by Gasteiger charge is -2.17. The Morgan fingerprint density at radius 3 is 2.68 bits per heavy atom. The van der Waals surface area contributed by atoms with Crippen molar-refractivity contribution in [3.63, 3.8) is 0 Å². The van der Waals surface area contributed by atoms with Crippen molar-refractivity contribution < 1.29 is 14.3 Å². The van der Waals surface area contributed by atoms with Crippen LogP contribution < -0.4 is 10.1 Å². The van der Waals surface area contributed by atoms with Crippen LogP contribution in [0.5, 0.6) is 5.75 Å². The fourth-order valence-electron chi connectivity index (χ4n) is 2.90. The van der Waals surface area contributed by atoms with Crippen LogP contribution in [0.25, 0.3) is 0 Å². The lowest BCUT2D eigenvalue weighted by Crippen LogP contribution is -2.36. The van der Waals surface area contributed by atoms with Crippen molar-refractivity contribution in [1.82, 2.24) is 4.90 Å². The zero-order valence-electron chi connectivity index (χ0n) is 13.9. The summed E-state index contributed by atoms with van der Waals surface area (Å²) in [5, 5.41) is 3.62. The summed E-state index contributed by atoms with van der Waals surface area (Å²) in [5.74, 6) is 0.190. The number of hydrogen-bond donors (Lipinski definition) is 1. The first-order valence-electron chi connectivity index (χ1n) is 8.06. The summed E-state index contributed by atoms with van der Waals surface area (Å²) >= 11 is 6.01. The average Bonchev–Trinajstić information content (AvgIpc) is 2.88. The summed E-state index contributed by atoms with van der Waals surface area (Å²) in [6.45, 7) is 0.381. The quantitative estimate of drug-likeness (QED) is 0.806. The first-order chi connectivity index (χ1) is 12.1. The molecule has 25 heavy (non-hydrogen) atoms. The van der Waals surface area contributed by atoms with Gasteiger partial charge in [-0.3, -0.25) is 14.5 Å². The van der Waals surface area contributed by atoms with E-state index in [9.17, 15) is 9.59 Å². The third-order valence-electron chi connectivity index (χ3n) is 4.20. The van der Waals surface area contributed by atoms with Crippen LogP contribution in [-0.2, 0) is 16.0 Å². The Bertz CT molecular complexity index is 779. The maximum absolute atomic E-state index is 12.6. The van der Waals surface area contributed by atoms with Gasteiger partial charge in [-0.2, -0.15) is 0 Å². The van der Waals surface area contributed by atoms with E-state index < -0.39 is 6.04 Å². The minimum atomic E-state index is -0.601. The van der Waals surface area contributed by atoms with Crippen molar-refractivity contribution in [2.24, 2.45) is 0 Å². The van der Waals surface area contributed by atoms with E-state index in [0.29, 0.717) is 29.4 Å². The van der Waals surface area contributed by atoms with Gasteiger partial charge in [-0.25, -0.2) is 0 Å². The van der Waals surface area contributed by atoms with Gasteiger partial charge >= 0.3 is 0 Å². The van der Waals surface area contributed by atoms with Crippen LogP contribution in [0.3, 0.4) is 0 Å². The van der Waals surface area contributed by atoms with E-state index in [1.54, 1.807) is 25.3 Å². The van der Waals surface area contributed by atoms with Crippen molar-refractivity contribution in [1.29, 1.82) is 0 Å². The molecule has 1 heterocycles. The van der Waals surface area contributed by atoms with E-state index in [2.05, 4.69) is 5.32 Å². The minimum absolute atomic E-state index is 0.128. The smallest absolute Gasteiger partial charge is 0.252 e. The fraction of sp³-hybridized carbons (Fsp3) is 0.263. The topological polar surface area (TPSA) is 58.6 Å². The molecule has 0 aromatic heterocycles. The number of likely N-dealkylation sites (tertiary alicyclic amines) is 1. The molecule has 0 spiro atoms. The van der Waals surface area contributed by atoms with Gasteiger partial charge in [0.25, 0.3) is 5.91 Å². The lowest BCUT2D eigenvalue weighted by atomic mass is 10.1. The van der Waals surface area contributed by atoms with Crippen LogP contribution in [0.2, 0.25) is 5.02 Å². The number of halogens is 1. The molecule has 0 saturated carbocycles. The molecule has 130 valence electrons. The van der Waals surface area contributed by atoms with Crippen LogP contribution in [0.15, 0.2) is 48.5 Å². The molecule has 2 amide bonds. The summed E-state index contributed by atoms with van der Waals surface area (Å²) in [7, 11) is 1.54. The summed E-state index contributed by atoms with van der Waals surface area (Å²) < 4.78 is 5.27. The SMILES string of the molecule is COc1ccc(Cl)cc1N[C@@H]1CC(=O)N(CCc2ccccc2)C1=O. The van der Waals surface area contributed by atoms with Crippen molar-refractivity contribution in [3.05, 3.63) is 59.1 Å². The molecular weight excluding hydrogens is 340 g/mol. The molecule has 1 saturated heterocycles. The monoisotopic (exact) mass is 358 g/mol. The second-order valence-electron chi connectivity index (χ2n) is 5.86. The van der Waals surface area contributed by atoms with Gasteiger partial charge in [0.05, 0.1) is 19.2 Å². The van der Waals surface area contributed by atoms with Crippen LogP contribution >= 0.6 is 11.6 Å². The first-order valence-corrected chi connectivity index (χ1v) is 8.44. The highest BCUT2D eigenvalue weighted by Gasteiger charge is 2.38. The number of carbonyl (C=O) groups excluding carboxylic acids is 2. The maximum atomic E-state index is 12.6. The number of ether oxygens (including phenoxy) is 1. The Labute approximate surface area is 151 Å². The molecule has 2 aromatic carbocycles. The Balaban J connectivity index is 1.68. The maximum Gasteiger partial charge on any atom is 0.252 e. The Morgan fingerprint density at radius 2 is 1.96 bits per heavy atom. The normalized spacial score (nSPS) is 17.0. The van der Waals surface area contributed by atoms with E-state index in [0.717, 1.165) is 5.56 Å². The Hall–Kier alpha value is -2.53. The van der Waals surface area contributed by atoms with E-state index in [1.165, 1.54) is 4.90 Å². The first kappa shape index (κ1) is 17.3. The molecule has 1 aliphatic heterocycles. The van der Waals surface area contributed by atoms with Gasteiger partial charge in [0.1, 0.15) is 11.8 Å². The lowest BCUT2D eigenvalue weighted by molar-refractivity contribution is -0.138. The van der Waals surface area contributed by atoms with Crippen molar-refractivity contribution in [2.75, 3.05) is 19.0 Å². The van der Waals surface area contributed by atoms with Gasteiger partial charge in [-0.1, -0.05) is 41.9 Å². The number of amides is 2. The molecule has 0 unspecified atom stereocenters. The van der Waals surface area contributed by atoms with Gasteiger partial charge in [-0.15, -0.1) is 0 Å². The van der Waals surface area contributed by atoms with Crippen molar-refractivity contribution >= 4 is 29.1 Å². The Kier molecular flexibility index (Phi) is 5.24. The number of anilines is 1. The second kappa shape index (κ2) is 7.57. The van der Waals surface area contributed by atoms with Gasteiger partial charge in [0.15, 0.2) is 0 Å². The largest absolute Gasteiger partial charge is 0.495 e. The molecule has 0 radical (unpaired) electrons. The van der Waals surface area contributed by atoms with Gasteiger partial charge < -0.3 is 10.1 Å². The predicted molar refractivity (Wildman–Crippen MR) is 96.9 cm³/mol. The molecule has 1 N–H and O–H groups in total. The molecule has 1 fully saturated rings. The van der Waals surface area contributed by atoms with Crippen LogP contribution in [0, 0.1) is 0 Å². The third kappa shape index (κ3) is 3.94. The van der Waals surface area contributed by atoms with E-state index in [1.807, 2.05) is 30.3 Å². The number of methoxy groups -OCH3 is 1. The molecule has 6 heteroatoms. The summed E-state index contributed by atoms with van der Waals surface area (Å²) in [5.41, 5.74) is 1.70. The minimum Gasteiger partial charge on any atom is -0.495 e. The molecular formula is C19H19ClN2O3. The number of carbonyl (C=O) groups is 2. The zero-order chi connectivity index (χ0) is 17.8. The molecule has 5 nitrogen and oxygen atoms in total. The summed E-state index contributed by atoms with van der Waals surface area (Å²) in [4.78, 5) is 26.2. The molecule has 2 aromatic rings. The third-order valence-corrected chi connectivity index (χ3v) is 4.44. The van der Waals surface area contributed by atoms with Crippen LogP contribution in [-0.4, -0.2) is 36.4 Å². The summed E-state index contributed by atoms with van der Waals surface area (Å²) in [6.07, 6.45) is 0.773. The number of hydrogen-bond acceptors (Lipinski definition) is 4. The molecule has 1 atom stereocenters. The van der Waals surface area contributed by atoms with E-state index in [-0.39, 0.29) is 18.2 Å². The number of imide groups is 1. The highest BCUT2D eigenvalue weighted by molar-refractivity contribution is 6.31. The van der Waals surface area contributed by atoms with Gasteiger partial charge in [0.2, 0.25) is 5.91 Å². The highest BCUT2D eigenvalue weighted by Crippen LogP contribution is 2.30.